The van der Waals surface area contributed by atoms with Crippen LogP contribution >= 0.6 is 0 Å². The lowest BCUT2D eigenvalue weighted by molar-refractivity contribution is -0.143. The molecule has 1 aliphatic carbocycles. The zero-order chi connectivity index (χ0) is 11.5. The Bertz CT molecular complexity index is 285. The first-order valence-electron chi connectivity index (χ1n) is 6.24. The number of nitrogens with zero attached hydrogens (tertiary/aromatic N) is 1. The summed E-state index contributed by atoms with van der Waals surface area (Å²) in [6.07, 6.45) is 6.25. The van der Waals surface area contributed by atoms with Crippen LogP contribution in [0.1, 0.15) is 39.0 Å². The lowest BCUT2D eigenvalue weighted by atomic mass is 9.84. The van der Waals surface area contributed by atoms with E-state index in [-0.39, 0.29) is 30.9 Å². The predicted octanol–water partition coefficient (Wildman–Crippen LogP) is 0.914. The third-order valence-corrected chi connectivity index (χ3v) is 3.89. The molecule has 4 heteroatoms. The molecular formula is C12H20N2O2. The second-order valence-electron chi connectivity index (χ2n) is 4.94. The minimum atomic E-state index is -0.0257. The lowest BCUT2D eigenvalue weighted by Gasteiger charge is -2.38. The second-order valence-corrected chi connectivity index (χ2v) is 4.94. The summed E-state index contributed by atoms with van der Waals surface area (Å²) in [5, 5.41) is 2.59. The Balaban J connectivity index is 1.98. The molecule has 2 fully saturated rings. The highest BCUT2D eigenvalue weighted by Gasteiger charge is 2.32. The summed E-state index contributed by atoms with van der Waals surface area (Å²) in [6, 6.07) is 0.221. The molecule has 0 aromatic rings. The Morgan fingerprint density at radius 2 is 1.94 bits per heavy atom. The van der Waals surface area contributed by atoms with Gasteiger partial charge in [0.2, 0.25) is 11.8 Å². The predicted molar refractivity (Wildman–Crippen MR) is 60.8 cm³/mol. The number of hydrogen-bond donors (Lipinski definition) is 1. The van der Waals surface area contributed by atoms with E-state index in [0.717, 1.165) is 0 Å². The Kier molecular flexibility index (Phi) is 3.46. The molecule has 1 unspecified atom stereocenters. The number of amides is 2. The Morgan fingerprint density at radius 3 is 2.62 bits per heavy atom. The minimum absolute atomic E-state index is 0.0257. The standard InChI is InChI=1S/C12H20N2O2/c1-9(10-5-3-2-4-6-10)14-8-11(15)13-7-12(14)16/h9-10H,2-8H2,1H3,(H,13,15). The molecule has 16 heavy (non-hydrogen) atoms. The zero-order valence-electron chi connectivity index (χ0n) is 9.87. The number of carbonyl (C=O) groups is 2. The van der Waals surface area contributed by atoms with Gasteiger partial charge in [-0.15, -0.1) is 0 Å². The quantitative estimate of drug-likeness (QED) is 0.758. The number of rotatable bonds is 2. The van der Waals surface area contributed by atoms with E-state index in [0.29, 0.717) is 5.92 Å². The first-order chi connectivity index (χ1) is 7.68. The van der Waals surface area contributed by atoms with E-state index in [4.69, 9.17) is 0 Å². The van der Waals surface area contributed by atoms with Gasteiger partial charge in [0, 0.05) is 6.04 Å². The van der Waals surface area contributed by atoms with E-state index in [1.54, 1.807) is 4.90 Å². The van der Waals surface area contributed by atoms with Crippen molar-refractivity contribution in [3.8, 4) is 0 Å². The van der Waals surface area contributed by atoms with Crippen LogP contribution in [-0.2, 0) is 9.59 Å². The molecule has 0 aromatic carbocycles. The smallest absolute Gasteiger partial charge is 0.242 e. The maximum absolute atomic E-state index is 11.7. The van der Waals surface area contributed by atoms with Crippen LogP contribution in [0.4, 0.5) is 0 Å². The van der Waals surface area contributed by atoms with Crippen LogP contribution in [0.2, 0.25) is 0 Å². The maximum atomic E-state index is 11.7. The molecule has 1 atom stereocenters. The van der Waals surface area contributed by atoms with Gasteiger partial charge >= 0.3 is 0 Å². The minimum Gasteiger partial charge on any atom is -0.345 e. The van der Waals surface area contributed by atoms with Crippen molar-refractivity contribution in [2.75, 3.05) is 13.1 Å². The van der Waals surface area contributed by atoms with Crippen molar-refractivity contribution in [3.05, 3.63) is 0 Å². The fourth-order valence-corrected chi connectivity index (χ4v) is 2.82. The largest absolute Gasteiger partial charge is 0.345 e. The molecule has 0 aromatic heterocycles. The van der Waals surface area contributed by atoms with Gasteiger partial charge in [-0.25, -0.2) is 0 Å². The second kappa shape index (κ2) is 4.85. The van der Waals surface area contributed by atoms with Gasteiger partial charge in [0.15, 0.2) is 0 Å². The van der Waals surface area contributed by atoms with Gasteiger partial charge in [-0.05, 0) is 25.7 Å². The SMILES string of the molecule is CC(C1CCCCC1)N1CC(=O)NCC1=O. The number of piperazine rings is 1. The molecule has 90 valence electrons. The topological polar surface area (TPSA) is 49.4 Å². The van der Waals surface area contributed by atoms with Crippen LogP contribution in [0.25, 0.3) is 0 Å². The summed E-state index contributed by atoms with van der Waals surface area (Å²) in [7, 11) is 0. The summed E-state index contributed by atoms with van der Waals surface area (Å²) >= 11 is 0. The van der Waals surface area contributed by atoms with Crippen LogP contribution in [0, 0.1) is 5.92 Å². The van der Waals surface area contributed by atoms with Crippen molar-refractivity contribution in [1.29, 1.82) is 0 Å². The van der Waals surface area contributed by atoms with Crippen LogP contribution in [0.3, 0.4) is 0 Å². The molecule has 2 aliphatic rings. The summed E-state index contributed by atoms with van der Waals surface area (Å²) in [5.74, 6) is 0.628. The molecule has 1 aliphatic heterocycles. The summed E-state index contributed by atoms with van der Waals surface area (Å²) in [6.45, 7) is 2.51. The number of carbonyl (C=O) groups excluding carboxylic acids is 2. The molecule has 0 radical (unpaired) electrons. The first-order valence-corrected chi connectivity index (χ1v) is 6.24. The van der Waals surface area contributed by atoms with Crippen molar-refractivity contribution < 1.29 is 9.59 Å². The molecule has 0 bridgehead atoms. The zero-order valence-corrected chi connectivity index (χ0v) is 9.87. The highest BCUT2D eigenvalue weighted by atomic mass is 16.2. The molecule has 1 saturated carbocycles. The first kappa shape index (κ1) is 11.4. The molecule has 0 spiro atoms. The number of hydrogen-bond acceptors (Lipinski definition) is 2. The van der Waals surface area contributed by atoms with Gasteiger partial charge in [-0.2, -0.15) is 0 Å². The molecule has 2 amide bonds. The van der Waals surface area contributed by atoms with Crippen molar-refractivity contribution in [1.82, 2.24) is 10.2 Å². The Labute approximate surface area is 96.4 Å². The number of nitrogens with one attached hydrogen (secondary N) is 1. The fourth-order valence-electron chi connectivity index (χ4n) is 2.82. The summed E-state index contributed by atoms with van der Waals surface area (Å²) < 4.78 is 0. The fraction of sp³-hybridized carbons (Fsp3) is 0.833. The van der Waals surface area contributed by atoms with Crippen LogP contribution in [0.5, 0.6) is 0 Å². The van der Waals surface area contributed by atoms with Crippen molar-refractivity contribution in [2.45, 2.75) is 45.1 Å². The highest BCUT2D eigenvalue weighted by molar-refractivity contribution is 5.92. The van der Waals surface area contributed by atoms with Crippen molar-refractivity contribution in [3.63, 3.8) is 0 Å². The molecule has 1 saturated heterocycles. The van der Waals surface area contributed by atoms with Gasteiger partial charge < -0.3 is 10.2 Å². The Morgan fingerprint density at radius 1 is 1.25 bits per heavy atom. The lowest BCUT2D eigenvalue weighted by Crippen LogP contribution is -2.56. The summed E-state index contributed by atoms with van der Waals surface area (Å²) in [5.41, 5.74) is 0. The molecule has 1 N–H and O–H groups in total. The van der Waals surface area contributed by atoms with E-state index < -0.39 is 0 Å². The normalized spacial score (nSPS) is 25.4. The summed E-state index contributed by atoms with van der Waals surface area (Å²) in [4.78, 5) is 24.8. The van der Waals surface area contributed by atoms with Crippen LogP contribution in [0.15, 0.2) is 0 Å². The van der Waals surface area contributed by atoms with Crippen molar-refractivity contribution >= 4 is 11.8 Å². The Hall–Kier alpha value is -1.06. The highest BCUT2D eigenvalue weighted by Crippen LogP contribution is 2.29. The van der Waals surface area contributed by atoms with Gasteiger partial charge in [0.05, 0.1) is 13.1 Å². The molecular weight excluding hydrogens is 204 g/mol. The molecule has 2 rings (SSSR count). The van der Waals surface area contributed by atoms with E-state index in [9.17, 15) is 9.59 Å². The van der Waals surface area contributed by atoms with E-state index in [1.807, 2.05) is 0 Å². The van der Waals surface area contributed by atoms with E-state index in [1.165, 1.54) is 32.1 Å². The van der Waals surface area contributed by atoms with E-state index in [2.05, 4.69) is 12.2 Å². The molecule has 4 nitrogen and oxygen atoms in total. The molecule has 1 heterocycles. The average molecular weight is 224 g/mol. The van der Waals surface area contributed by atoms with E-state index >= 15 is 0 Å². The third-order valence-electron chi connectivity index (χ3n) is 3.89. The van der Waals surface area contributed by atoms with Crippen LogP contribution in [-0.4, -0.2) is 35.8 Å². The van der Waals surface area contributed by atoms with Gasteiger partial charge in [0.25, 0.3) is 0 Å². The van der Waals surface area contributed by atoms with Gasteiger partial charge in [-0.1, -0.05) is 19.3 Å². The van der Waals surface area contributed by atoms with Crippen molar-refractivity contribution in [2.24, 2.45) is 5.92 Å². The monoisotopic (exact) mass is 224 g/mol. The maximum Gasteiger partial charge on any atom is 0.242 e. The average Bonchev–Trinajstić information content (AvgIpc) is 2.32. The van der Waals surface area contributed by atoms with Gasteiger partial charge in [-0.3, -0.25) is 9.59 Å². The van der Waals surface area contributed by atoms with Gasteiger partial charge in [0.1, 0.15) is 0 Å². The third kappa shape index (κ3) is 2.36. The van der Waals surface area contributed by atoms with Crippen LogP contribution < -0.4 is 5.32 Å².